The third-order valence-electron chi connectivity index (χ3n) is 7.88. The largest absolute Gasteiger partial charge is 0.492 e. The van der Waals surface area contributed by atoms with Crippen LogP contribution >= 0.6 is 0 Å². The number of imidazole rings is 1. The standard InChI is InChI=1S/C33H31F3N8O/c1-43(2)10-11-45-24-14-21(13-23(34)15-24)25-4-3-5-27-29(25)40-32(39-27)31-30-28(41-42-31)7-6-26(38-30)22-12-20(16-37-17-22)18-44-9-8-33(35,36)19-44/h3-7,12-17H,8-11,18-19H2,1-2H3,(H,39,40)(H,41,42). The Balaban J connectivity index is 1.20. The molecular formula is C33H31F3N8O. The Labute approximate surface area is 257 Å². The number of hydrogen-bond donors (Lipinski definition) is 2. The van der Waals surface area contributed by atoms with Gasteiger partial charge in [0.05, 0.1) is 28.8 Å². The third-order valence-corrected chi connectivity index (χ3v) is 7.88. The molecule has 1 fully saturated rings. The zero-order valence-electron chi connectivity index (χ0n) is 24.8. The normalized spacial score (nSPS) is 15.1. The Kier molecular flexibility index (Phi) is 7.46. The van der Waals surface area contributed by atoms with Gasteiger partial charge in [-0.3, -0.25) is 15.0 Å². The molecular weight excluding hydrogens is 581 g/mol. The van der Waals surface area contributed by atoms with Gasteiger partial charge < -0.3 is 14.6 Å². The summed E-state index contributed by atoms with van der Waals surface area (Å²) in [7, 11) is 3.90. The van der Waals surface area contributed by atoms with Crippen molar-refractivity contribution in [1.82, 2.24) is 39.9 Å². The van der Waals surface area contributed by atoms with Crippen LogP contribution in [0.5, 0.6) is 5.75 Å². The minimum Gasteiger partial charge on any atom is -0.492 e. The molecule has 1 saturated heterocycles. The number of alkyl halides is 2. The van der Waals surface area contributed by atoms with Gasteiger partial charge in [0.25, 0.3) is 5.92 Å². The first-order chi connectivity index (χ1) is 21.7. The van der Waals surface area contributed by atoms with Gasteiger partial charge in [-0.2, -0.15) is 5.10 Å². The Morgan fingerprint density at radius 3 is 2.69 bits per heavy atom. The molecule has 5 heterocycles. The second kappa shape index (κ2) is 11.6. The Bertz CT molecular complexity index is 2000. The van der Waals surface area contributed by atoms with E-state index < -0.39 is 11.7 Å². The van der Waals surface area contributed by atoms with Gasteiger partial charge in [0, 0.05) is 55.6 Å². The lowest BCUT2D eigenvalue weighted by molar-refractivity contribution is 0.0115. The van der Waals surface area contributed by atoms with Gasteiger partial charge in [-0.25, -0.2) is 23.1 Å². The number of likely N-dealkylation sites (N-methyl/N-ethyl adjacent to an activating group) is 1. The Morgan fingerprint density at radius 2 is 1.87 bits per heavy atom. The van der Waals surface area contributed by atoms with Crippen molar-refractivity contribution in [3.63, 3.8) is 0 Å². The first-order valence-corrected chi connectivity index (χ1v) is 14.7. The molecule has 0 aliphatic carbocycles. The summed E-state index contributed by atoms with van der Waals surface area (Å²) in [6.07, 6.45) is 3.28. The summed E-state index contributed by atoms with van der Waals surface area (Å²) in [5.74, 6) is -2.08. The Hall–Kier alpha value is -4.81. The predicted molar refractivity (Wildman–Crippen MR) is 166 cm³/mol. The lowest BCUT2D eigenvalue weighted by Gasteiger charge is -2.15. The maximum absolute atomic E-state index is 14.7. The molecule has 230 valence electrons. The topological polar surface area (TPSA) is 98.8 Å². The van der Waals surface area contributed by atoms with Crippen molar-refractivity contribution in [2.75, 3.05) is 40.3 Å². The third kappa shape index (κ3) is 6.11. The molecule has 2 aromatic carbocycles. The number of rotatable bonds is 9. The van der Waals surface area contributed by atoms with E-state index in [1.165, 1.54) is 12.1 Å². The van der Waals surface area contributed by atoms with Gasteiger partial charge in [0.15, 0.2) is 11.5 Å². The zero-order chi connectivity index (χ0) is 31.1. The van der Waals surface area contributed by atoms with Crippen LogP contribution in [0.15, 0.2) is 67.0 Å². The lowest BCUT2D eigenvalue weighted by atomic mass is 10.0. The smallest absolute Gasteiger partial charge is 0.261 e. The van der Waals surface area contributed by atoms with Gasteiger partial charge in [-0.15, -0.1) is 0 Å². The number of H-pyrrole nitrogens is 2. The quantitative estimate of drug-likeness (QED) is 0.202. The highest BCUT2D eigenvalue weighted by Crippen LogP contribution is 2.34. The molecule has 0 atom stereocenters. The van der Waals surface area contributed by atoms with Crippen LogP contribution < -0.4 is 4.74 Å². The average Bonchev–Trinajstić information content (AvgIpc) is 3.72. The van der Waals surface area contributed by atoms with Crippen LogP contribution in [0.4, 0.5) is 13.2 Å². The molecule has 12 heteroatoms. The maximum atomic E-state index is 14.7. The van der Waals surface area contributed by atoms with Gasteiger partial charge in [-0.1, -0.05) is 12.1 Å². The van der Waals surface area contributed by atoms with Crippen LogP contribution in [0.25, 0.3) is 56.0 Å². The number of ether oxygens (including phenoxy) is 1. The number of aromatic nitrogens is 6. The number of aromatic amines is 2. The molecule has 45 heavy (non-hydrogen) atoms. The van der Waals surface area contributed by atoms with Crippen molar-refractivity contribution in [1.29, 1.82) is 0 Å². The van der Waals surface area contributed by atoms with E-state index in [4.69, 9.17) is 14.7 Å². The Morgan fingerprint density at radius 1 is 0.978 bits per heavy atom. The summed E-state index contributed by atoms with van der Waals surface area (Å²) in [4.78, 5) is 21.2. The van der Waals surface area contributed by atoms with E-state index in [0.29, 0.717) is 65.8 Å². The van der Waals surface area contributed by atoms with E-state index >= 15 is 0 Å². The molecule has 4 aromatic heterocycles. The minimum atomic E-state index is -2.65. The van der Waals surface area contributed by atoms with Gasteiger partial charge in [0.2, 0.25) is 0 Å². The van der Waals surface area contributed by atoms with Crippen molar-refractivity contribution in [2.24, 2.45) is 0 Å². The van der Waals surface area contributed by atoms with Crippen molar-refractivity contribution >= 4 is 22.1 Å². The second-order valence-electron chi connectivity index (χ2n) is 11.7. The first kappa shape index (κ1) is 28.9. The van der Waals surface area contributed by atoms with Crippen molar-refractivity contribution < 1.29 is 17.9 Å². The van der Waals surface area contributed by atoms with Gasteiger partial charge >= 0.3 is 0 Å². The average molecular weight is 613 g/mol. The van der Waals surface area contributed by atoms with E-state index in [1.54, 1.807) is 17.3 Å². The van der Waals surface area contributed by atoms with Crippen LogP contribution in [0.2, 0.25) is 0 Å². The number of halogens is 3. The number of nitrogens with one attached hydrogen (secondary N) is 2. The van der Waals surface area contributed by atoms with Gasteiger partial charge in [-0.05, 0) is 61.6 Å². The van der Waals surface area contributed by atoms with Crippen molar-refractivity contribution in [2.45, 2.75) is 18.9 Å². The summed E-state index contributed by atoms with van der Waals surface area (Å²) in [5, 5.41) is 7.55. The van der Waals surface area contributed by atoms with Crippen molar-refractivity contribution in [3.05, 3.63) is 78.4 Å². The molecule has 6 aromatic rings. The van der Waals surface area contributed by atoms with Crippen molar-refractivity contribution in [3.8, 4) is 39.7 Å². The maximum Gasteiger partial charge on any atom is 0.261 e. The van der Waals surface area contributed by atoms with Crippen LogP contribution in [0.1, 0.15) is 12.0 Å². The molecule has 0 unspecified atom stereocenters. The minimum absolute atomic E-state index is 0.125. The predicted octanol–water partition coefficient (Wildman–Crippen LogP) is 6.15. The molecule has 0 saturated carbocycles. The summed E-state index contributed by atoms with van der Waals surface area (Å²) < 4.78 is 47.9. The lowest BCUT2D eigenvalue weighted by Crippen LogP contribution is -2.24. The molecule has 0 amide bonds. The number of benzene rings is 2. The van der Waals surface area contributed by atoms with E-state index in [1.807, 2.05) is 61.5 Å². The fourth-order valence-electron chi connectivity index (χ4n) is 5.66. The first-order valence-electron chi connectivity index (χ1n) is 14.7. The molecule has 0 spiro atoms. The van der Waals surface area contributed by atoms with Crippen LogP contribution in [-0.2, 0) is 6.54 Å². The highest BCUT2D eigenvalue weighted by Gasteiger charge is 2.37. The molecule has 0 radical (unpaired) electrons. The molecule has 9 nitrogen and oxygen atoms in total. The number of pyridine rings is 2. The number of para-hydroxylation sites is 1. The van der Waals surface area contributed by atoms with Crippen LogP contribution in [0, 0.1) is 5.82 Å². The monoisotopic (exact) mass is 612 g/mol. The molecule has 1 aliphatic rings. The SMILES string of the molecule is CN(C)CCOc1cc(F)cc(-c2cccc3[nH]c(-c4n[nH]c5ccc(-c6cncc(CN7CCC(F)(F)C7)c6)nc45)nc23)c1. The highest BCUT2D eigenvalue weighted by atomic mass is 19.3. The second-order valence-corrected chi connectivity index (χ2v) is 11.7. The van der Waals surface area contributed by atoms with E-state index in [-0.39, 0.29) is 13.0 Å². The van der Waals surface area contributed by atoms with Crippen LogP contribution in [-0.4, -0.2) is 86.2 Å². The number of hydrogen-bond acceptors (Lipinski definition) is 7. The van der Waals surface area contributed by atoms with E-state index in [9.17, 15) is 13.2 Å². The zero-order valence-corrected chi connectivity index (χ0v) is 24.8. The molecule has 0 bridgehead atoms. The number of fused-ring (bicyclic) bond motifs is 2. The molecule has 7 rings (SSSR count). The highest BCUT2D eigenvalue weighted by molar-refractivity contribution is 5.96. The molecule has 2 N–H and O–H groups in total. The summed E-state index contributed by atoms with van der Waals surface area (Å²) in [6, 6.07) is 16.0. The fourth-order valence-corrected chi connectivity index (χ4v) is 5.66. The number of nitrogens with zero attached hydrogens (tertiary/aromatic N) is 6. The fraction of sp³-hybridized carbons (Fsp3) is 0.273. The summed E-state index contributed by atoms with van der Waals surface area (Å²) >= 11 is 0. The summed E-state index contributed by atoms with van der Waals surface area (Å²) in [6.45, 7) is 1.64. The molecule has 1 aliphatic heterocycles. The van der Waals surface area contributed by atoms with E-state index in [2.05, 4.69) is 20.2 Å². The summed E-state index contributed by atoms with van der Waals surface area (Å²) in [5.41, 5.74) is 6.97. The van der Waals surface area contributed by atoms with Gasteiger partial charge in [0.1, 0.15) is 23.7 Å². The van der Waals surface area contributed by atoms with Crippen LogP contribution in [0.3, 0.4) is 0 Å². The van der Waals surface area contributed by atoms with E-state index in [0.717, 1.165) is 27.7 Å². The number of likely N-dealkylation sites (tertiary alicyclic amines) is 1.